The molecule has 1 aliphatic carbocycles. The lowest BCUT2D eigenvalue weighted by Gasteiger charge is -2.31. The molecule has 0 saturated heterocycles. The van der Waals surface area contributed by atoms with Crippen molar-refractivity contribution in [3.63, 3.8) is 0 Å². The van der Waals surface area contributed by atoms with Crippen LogP contribution in [0, 0.1) is 6.92 Å². The van der Waals surface area contributed by atoms with Crippen molar-refractivity contribution in [1.29, 1.82) is 0 Å². The van der Waals surface area contributed by atoms with Crippen LogP contribution >= 0.6 is 0 Å². The molecule has 2 heteroatoms. The zero-order chi connectivity index (χ0) is 20.3. The molecule has 1 atom stereocenters. The van der Waals surface area contributed by atoms with Crippen LogP contribution in [0.15, 0.2) is 72.8 Å². The Balaban J connectivity index is 1.62. The Morgan fingerprint density at radius 3 is 2.45 bits per heavy atom. The average molecular weight is 385 g/mol. The number of aryl methyl sites for hydroxylation is 2. The summed E-state index contributed by atoms with van der Waals surface area (Å²) in [7, 11) is 2.11. The number of benzene rings is 3. The number of nitrogens with zero attached hydrogens (tertiary/aromatic N) is 1. The van der Waals surface area contributed by atoms with Crippen LogP contribution in [0.4, 0.5) is 0 Å². The van der Waals surface area contributed by atoms with Crippen molar-refractivity contribution in [2.24, 2.45) is 0 Å². The van der Waals surface area contributed by atoms with Gasteiger partial charge < -0.3 is 5.11 Å². The van der Waals surface area contributed by atoms with Crippen molar-refractivity contribution >= 4 is 6.21 Å². The number of rotatable bonds is 5. The second-order valence-corrected chi connectivity index (χ2v) is 8.24. The van der Waals surface area contributed by atoms with E-state index in [2.05, 4.69) is 91.5 Å². The maximum absolute atomic E-state index is 12.1. The van der Waals surface area contributed by atoms with Crippen LogP contribution < -0.4 is 0 Å². The molecule has 0 aromatic heterocycles. The summed E-state index contributed by atoms with van der Waals surface area (Å²) < 4.78 is 2.22. The molecule has 0 radical (unpaired) electrons. The third-order valence-electron chi connectivity index (χ3n) is 6.18. The molecule has 1 unspecified atom stereocenters. The number of hydrogen-bond acceptors (Lipinski definition) is 1. The minimum atomic E-state index is -0.929. The molecular formula is C27H30NO+. The number of fused-ring (bicyclic) bond motifs is 2. The SMILES string of the molecule is Cc1cccc2c1CCc1ccccc1C2(O)CCC[N+](C)=Cc1ccccc1. The normalized spacial score (nSPS) is 18.7. The monoisotopic (exact) mass is 384 g/mol. The molecule has 0 aliphatic heterocycles. The van der Waals surface area contributed by atoms with E-state index in [1.54, 1.807) is 0 Å². The first kappa shape index (κ1) is 19.6. The standard InChI is InChI=1S/C27H30NO/c1-21-10-8-15-26-24(21)17-16-23-13-6-7-14-25(23)27(26,29)18-9-19-28(2)20-22-11-4-3-5-12-22/h3-8,10-15,20,29H,9,16-19H2,1-2H3/q+1. The van der Waals surface area contributed by atoms with Crippen molar-refractivity contribution in [1.82, 2.24) is 0 Å². The minimum absolute atomic E-state index is 0.716. The fourth-order valence-corrected chi connectivity index (χ4v) is 4.68. The molecule has 1 aliphatic rings. The first-order valence-electron chi connectivity index (χ1n) is 10.6. The average Bonchev–Trinajstić information content (AvgIpc) is 2.85. The second-order valence-electron chi connectivity index (χ2n) is 8.24. The summed E-state index contributed by atoms with van der Waals surface area (Å²) in [6.07, 6.45) is 5.77. The van der Waals surface area contributed by atoms with Crippen LogP contribution in [0.25, 0.3) is 0 Å². The number of hydrogen-bond donors (Lipinski definition) is 1. The molecule has 0 amide bonds. The van der Waals surface area contributed by atoms with Gasteiger partial charge in [0, 0.05) is 12.0 Å². The highest BCUT2D eigenvalue weighted by Crippen LogP contribution is 2.41. The smallest absolute Gasteiger partial charge is 0.170 e. The largest absolute Gasteiger partial charge is 0.380 e. The van der Waals surface area contributed by atoms with Gasteiger partial charge in [-0.1, -0.05) is 60.7 Å². The topological polar surface area (TPSA) is 23.2 Å². The van der Waals surface area contributed by atoms with Gasteiger partial charge in [0.1, 0.15) is 19.2 Å². The van der Waals surface area contributed by atoms with Crippen molar-refractivity contribution in [3.05, 3.63) is 106 Å². The van der Waals surface area contributed by atoms with Crippen LogP contribution in [0.2, 0.25) is 0 Å². The molecule has 0 heterocycles. The van der Waals surface area contributed by atoms with E-state index < -0.39 is 5.60 Å². The van der Waals surface area contributed by atoms with Gasteiger partial charge in [-0.15, -0.1) is 0 Å². The highest BCUT2D eigenvalue weighted by molar-refractivity contribution is 5.75. The van der Waals surface area contributed by atoms with Crippen LogP contribution in [0.5, 0.6) is 0 Å². The van der Waals surface area contributed by atoms with Crippen molar-refractivity contribution < 1.29 is 9.68 Å². The van der Waals surface area contributed by atoms with Gasteiger partial charge in [0.25, 0.3) is 0 Å². The molecule has 148 valence electrons. The van der Waals surface area contributed by atoms with Gasteiger partial charge in [0.15, 0.2) is 6.21 Å². The Labute approximate surface area is 174 Å². The maximum atomic E-state index is 12.1. The molecule has 29 heavy (non-hydrogen) atoms. The predicted molar refractivity (Wildman–Crippen MR) is 120 cm³/mol. The van der Waals surface area contributed by atoms with Crippen LogP contribution in [-0.2, 0) is 18.4 Å². The fourth-order valence-electron chi connectivity index (χ4n) is 4.68. The molecule has 0 fully saturated rings. The Kier molecular flexibility index (Phi) is 5.64. The minimum Gasteiger partial charge on any atom is -0.380 e. The molecule has 2 nitrogen and oxygen atoms in total. The molecule has 3 aromatic carbocycles. The van der Waals surface area contributed by atoms with E-state index in [4.69, 9.17) is 0 Å². The van der Waals surface area contributed by atoms with E-state index in [1.165, 1.54) is 22.3 Å². The Bertz CT molecular complexity index is 1020. The van der Waals surface area contributed by atoms with Gasteiger partial charge in [-0.2, -0.15) is 0 Å². The molecular weight excluding hydrogens is 354 g/mol. The number of aliphatic hydroxyl groups is 1. The van der Waals surface area contributed by atoms with Crippen LogP contribution in [-0.4, -0.2) is 29.5 Å². The molecule has 3 aromatic rings. The van der Waals surface area contributed by atoms with E-state index in [-0.39, 0.29) is 0 Å². The zero-order valence-electron chi connectivity index (χ0n) is 17.4. The van der Waals surface area contributed by atoms with Crippen molar-refractivity contribution in [2.75, 3.05) is 13.6 Å². The van der Waals surface area contributed by atoms with E-state index >= 15 is 0 Å². The quantitative estimate of drug-likeness (QED) is 0.492. The van der Waals surface area contributed by atoms with Crippen molar-refractivity contribution in [2.45, 2.75) is 38.2 Å². The highest BCUT2D eigenvalue weighted by Gasteiger charge is 2.37. The lowest BCUT2D eigenvalue weighted by atomic mass is 9.79. The molecule has 1 N–H and O–H groups in total. The van der Waals surface area contributed by atoms with E-state index in [0.29, 0.717) is 6.42 Å². The van der Waals surface area contributed by atoms with E-state index in [1.807, 2.05) is 6.07 Å². The first-order chi connectivity index (χ1) is 14.1. The summed E-state index contributed by atoms with van der Waals surface area (Å²) in [6.45, 7) is 3.07. The Hall–Kier alpha value is -2.71. The highest BCUT2D eigenvalue weighted by atomic mass is 16.3. The Morgan fingerprint density at radius 1 is 0.897 bits per heavy atom. The molecule has 0 bridgehead atoms. The third-order valence-corrected chi connectivity index (χ3v) is 6.18. The molecule has 4 rings (SSSR count). The van der Waals surface area contributed by atoms with Gasteiger partial charge in [0.05, 0.1) is 0 Å². The second kappa shape index (κ2) is 8.34. The fraction of sp³-hybridized carbons (Fsp3) is 0.296. The van der Waals surface area contributed by atoms with Gasteiger partial charge in [-0.3, -0.25) is 0 Å². The van der Waals surface area contributed by atoms with Crippen LogP contribution in [0.1, 0.15) is 46.2 Å². The molecule has 0 saturated carbocycles. The van der Waals surface area contributed by atoms with Gasteiger partial charge in [-0.05, 0) is 66.1 Å². The van der Waals surface area contributed by atoms with E-state index in [0.717, 1.165) is 36.9 Å². The zero-order valence-corrected chi connectivity index (χ0v) is 17.4. The summed E-state index contributed by atoms with van der Waals surface area (Å²) in [5, 5.41) is 12.1. The van der Waals surface area contributed by atoms with Gasteiger partial charge >= 0.3 is 0 Å². The summed E-state index contributed by atoms with van der Waals surface area (Å²) in [6, 6.07) is 25.2. The summed E-state index contributed by atoms with van der Waals surface area (Å²) in [5.74, 6) is 0. The lowest BCUT2D eigenvalue weighted by molar-refractivity contribution is -0.493. The Morgan fingerprint density at radius 2 is 1.62 bits per heavy atom. The van der Waals surface area contributed by atoms with Gasteiger partial charge in [-0.25, -0.2) is 4.58 Å². The lowest BCUT2D eigenvalue weighted by Crippen LogP contribution is -2.30. The first-order valence-corrected chi connectivity index (χ1v) is 10.6. The summed E-state index contributed by atoms with van der Waals surface area (Å²) in [5.41, 5.74) is 6.32. The van der Waals surface area contributed by atoms with E-state index in [9.17, 15) is 5.11 Å². The van der Waals surface area contributed by atoms with Crippen LogP contribution in [0.3, 0.4) is 0 Å². The van der Waals surface area contributed by atoms with Crippen molar-refractivity contribution in [3.8, 4) is 0 Å². The maximum Gasteiger partial charge on any atom is 0.170 e. The predicted octanol–water partition coefficient (Wildman–Crippen LogP) is 4.87. The summed E-state index contributed by atoms with van der Waals surface area (Å²) >= 11 is 0. The molecule has 0 spiro atoms. The summed E-state index contributed by atoms with van der Waals surface area (Å²) in [4.78, 5) is 0. The third kappa shape index (κ3) is 4.04. The van der Waals surface area contributed by atoms with Gasteiger partial charge in [0.2, 0.25) is 0 Å².